The molecule has 1 aliphatic carbocycles. The Bertz CT molecular complexity index is 1260. The SMILES string of the molecule is CC(C)OC(=O)COc1ccccc1C=Nn1c(C2CCCCC2)nc2ccc(Br)cc2c1=O. The molecule has 0 N–H and O–H groups in total. The number of hydrogen-bond acceptors (Lipinski definition) is 6. The Kier molecular flexibility index (Phi) is 7.77. The molecule has 34 heavy (non-hydrogen) atoms. The molecule has 1 aliphatic rings. The second-order valence-corrected chi connectivity index (χ2v) is 9.61. The van der Waals surface area contributed by atoms with Gasteiger partial charge in [-0.15, -0.1) is 0 Å². The lowest BCUT2D eigenvalue weighted by atomic mass is 9.88. The molecular weight excluding hydrogens is 498 g/mol. The highest BCUT2D eigenvalue weighted by molar-refractivity contribution is 9.10. The molecule has 1 fully saturated rings. The average Bonchev–Trinajstić information content (AvgIpc) is 2.83. The molecular formula is C26H28BrN3O4. The molecule has 7 nitrogen and oxygen atoms in total. The number of esters is 1. The number of carbonyl (C=O) groups is 1. The number of fused-ring (bicyclic) bond motifs is 1. The van der Waals surface area contributed by atoms with Gasteiger partial charge >= 0.3 is 5.97 Å². The lowest BCUT2D eigenvalue weighted by Gasteiger charge is -2.22. The number of benzene rings is 2. The zero-order chi connectivity index (χ0) is 24.1. The Morgan fingerprint density at radius 1 is 1.21 bits per heavy atom. The van der Waals surface area contributed by atoms with Gasteiger partial charge in [0.1, 0.15) is 11.6 Å². The smallest absolute Gasteiger partial charge is 0.344 e. The van der Waals surface area contributed by atoms with Gasteiger partial charge in [0.15, 0.2) is 6.61 Å². The fourth-order valence-electron chi connectivity index (χ4n) is 4.17. The Hall–Kier alpha value is -3.00. The number of halogens is 1. The summed E-state index contributed by atoms with van der Waals surface area (Å²) in [6, 6.07) is 12.8. The van der Waals surface area contributed by atoms with E-state index in [4.69, 9.17) is 14.5 Å². The van der Waals surface area contributed by atoms with Crippen LogP contribution in [-0.4, -0.2) is 34.6 Å². The average molecular weight is 526 g/mol. The minimum Gasteiger partial charge on any atom is -0.481 e. The van der Waals surface area contributed by atoms with Crippen molar-refractivity contribution in [2.24, 2.45) is 5.10 Å². The van der Waals surface area contributed by atoms with Gasteiger partial charge in [-0.1, -0.05) is 47.3 Å². The van der Waals surface area contributed by atoms with Crippen LogP contribution in [0.15, 0.2) is 56.8 Å². The zero-order valence-corrected chi connectivity index (χ0v) is 21.0. The summed E-state index contributed by atoms with van der Waals surface area (Å²) in [5.74, 6) is 0.913. The molecule has 4 rings (SSSR count). The quantitative estimate of drug-likeness (QED) is 0.303. The fraction of sp³-hybridized carbons (Fsp3) is 0.385. The van der Waals surface area contributed by atoms with Gasteiger partial charge in [-0.25, -0.2) is 9.78 Å². The van der Waals surface area contributed by atoms with Crippen LogP contribution in [0.25, 0.3) is 10.9 Å². The highest BCUT2D eigenvalue weighted by Gasteiger charge is 2.22. The van der Waals surface area contributed by atoms with Gasteiger partial charge < -0.3 is 9.47 Å². The van der Waals surface area contributed by atoms with E-state index < -0.39 is 5.97 Å². The van der Waals surface area contributed by atoms with Crippen LogP contribution >= 0.6 is 15.9 Å². The highest BCUT2D eigenvalue weighted by Crippen LogP contribution is 2.32. The summed E-state index contributed by atoms with van der Waals surface area (Å²) in [7, 11) is 0. The molecule has 0 saturated heterocycles. The molecule has 0 atom stereocenters. The van der Waals surface area contributed by atoms with Crippen LogP contribution in [0, 0.1) is 0 Å². The standard InChI is InChI=1S/C26H28BrN3O4/c1-17(2)34-24(31)16-33-23-11-7-6-10-19(23)15-28-30-25(18-8-4-3-5-9-18)29-22-13-12-20(27)14-21(22)26(30)32/h6-7,10-15,17-18H,3-5,8-9,16H2,1-2H3. The van der Waals surface area contributed by atoms with E-state index in [-0.39, 0.29) is 24.2 Å². The van der Waals surface area contributed by atoms with Crippen molar-refractivity contribution in [2.75, 3.05) is 6.61 Å². The molecule has 3 aromatic rings. The molecule has 0 aliphatic heterocycles. The Morgan fingerprint density at radius 2 is 1.97 bits per heavy atom. The highest BCUT2D eigenvalue weighted by atomic mass is 79.9. The molecule has 0 radical (unpaired) electrons. The van der Waals surface area contributed by atoms with Crippen molar-refractivity contribution in [3.8, 4) is 5.75 Å². The van der Waals surface area contributed by atoms with Crippen LogP contribution in [0.3, 0.4) is 0 Å². The molecule has 2 aromatic carbocycles. The van der Waals surface area contributed by atoms with Gasteiger partial charge in [0.2, 0.25) is 0 Å². The number of hydrogen-bond donors (Lipinski definition) is 0. The molecule has 8 heteroatoms. The van der Waals surface area contributed by atoms with Crippen molar-refractivity contribution in [3.63, 3.8) is 0 Å². The monoisotopic (exact) mass is 525 g/mol. The second-order valence-electron chi connectivity index (χ2n) is 8.69. The predicted octanol–water partition coefficient (Wildman–Crippen LogP) is 5.42. The first kappa shape index (κ1) is 24.1. The van der Waals surface area contributed by atoms with E-state index in [0.29, 0.717) is 28.0 Å². The van der Waals surface area contributed by atoms with Gasteiger partial charge in [-0.2, -0.15) is 9.78 Å². The summed E-state index contributed by atoms with van der Waals surface area (Å²) in [6.45, 7) is 3.37. The van der Waals surface area contributed by atoms with Crippen LogP contribution in [-0.2, 0) is 9.53 Å². The second kappa shape index (κ2) is 11.0. The fourth-order valence-corrected chi connectivity index (χ4v) is 4.54. The van der Waals surface area contributed by atoms with Crippen molar-refractivity contribution in [3.05, 3.63) is 68.7 Å². The minimum absolute atomic E-state index is 0.184. The number of rotatable bonds is 7. The van der Waals surface area contributed by atoms with E-state index in [1.54, 1.807) is 32.2 Å². The van der Waals surface area contributed by atoms with Gasteiger partial charge in [-0.3, -0.25) is 4.79 Å². The van der Waals surface area contributed by atoms with Crippen molar-refractivity contribution in [1.82, 2.24) is 9.66 Å². The van der Waals surface area contributed by atoms with Crippen LogP contribution in [0.5, 0.6) is 5.75 Å². The van der Waals surface area contributed by atoms with Crippen LogP contribution < -0.4 is 10.3 Å². The van der Waals surface area contributed by atoms with E-state index in [1.165, 1.54) is 11.1 Å². The molecule has 0 amide bonds. The summed E-state index contributed by atoms with van der Waals surface area (Å²) in [5.41, 5.74) is 1.12. The van der Waals surface area contributed by atoms with Crippen molar-refractivity contribution < 1.29 is 14.3 Å². The van der Waals surface area contributed by atoms with Crippen molar-refractivity contribution in [1.29, 1.82) is 0 Å². The summed E-state index contributed by atoms with van der Waals surface area (Å²) in [5, 5.41) is 5.08. The molecule has 1 aromatic heterocycles. The third-order valence-electron chi connectivity index (χ3n) is 5.75. The van der Waals surface area contributed by atoms with Crippen LogP contribution in [0.2, 0.25) is 0 Å². The first-order chi connectivity index (χ1) is 16.4. The zero-order valence-electron chi connectivity index (χ0n) is 19.4. The maximum absolute atomic E-state index is 13.5. The Morgan fingerprint density at radius 3 is 2.74 bits per heavy atom. The summed E-state index contributed by atoms with van der Waals surface area (Å²) >= 11 is 3.45. The molecule has 1 saturated carbocycles. The molecule has 0 unspecified atom stereocenters. The van der Waals surface area contributed by atoms with E-state index in [9.17, 15) is 9.59 Å². The van der Waals surface area contributed by atoms with E-state index >= 15 is 0 Å². The number of para-hydroxylation sites is 1. The predicted molar refractivity (Wildman–Crippen MR) is 136 cm³/mol. The summed E-state index contributed by atoms with van der Waals surface area (Å²) in [6.07, 6.45) is 6.79. The minimum atomic E-state index is -0.443. The first-order valence-electron chi connectivity index (χ1n) is 11.6. The van der Waals surface area contributed by atoms with Crippen LogP contribution in [0.4, 0.5) is 0 Å². The van der Waals surface area contributed by atoms with E-state index in [2.05, 4.69) is 21.0 Å². The molecule has 0 bridgehead atoms. The number of carbonyl (C=O) groups excluding carboxylic acids is 1. The van der Waals surface area contributed by atoms with Gasteiger partial charge in [0.05, 0.1) is 23.2 Å². The number of nitrogens with zero attached hydrogens (tertiary/aromatic N) is 3. The largest absolute Gasteiger partial charge is 0.481 e. The lowest BCUT2D eigenvalue weighted by molar-refractivity contribution is -0.149. The molecule has 0 spiro atoms. The van der Waals surface area contributed by atoms with Gasteiger partial charge in [0, 0.05) is 16.0 Å². The lowest BCUT2D eigenvalue weighted by Crippen LogP contribution is -2.25. The van der Waals surface area contributed by atoms with Gasteiger partial charge in [0.25, 0.3) is 5.56 Å². The topological polar surface area (TPSA) is 82.8 Å². The third-order valence-corrected chi connectivity index (χ3v) is 6.24. The number of ether oxygens (including phenoxy) is 2. The van der Waals surface area contributed by atoms with Crippen molar-refractivity contribution >= 4 is 39.0 Å². The van der Waals surface area contributed by atoms with E-state index in [0.717, 1.165) is 30.2 Å². The normalized spacial score (nSPS) is 14.7. The van der Waals surface area contributed by atoms with E-state index in [1.807, 2.05) is 30.3 Å². The number of aromatic nitrogens is 2. The maximum atomic E-state index is 13.5. The van der Waals surface area contributed by atoms with Crippen molar-refractivity contribution in [2.45, 2.75) is 58.0 Å². The third kappa shape index (κ3) is 5.73. The summed E-state index contributed by atoms with van der Waals surface area (Å²) < 4.78 is 13.0. The maximum Gasteiger partial charge on any atom is 0.344 e. The van der Waals surface area contributed by atoms with Crippen LogP contribution in [0.1, 0.15) is 63.3 Å². The Balaban J connectivity index is 1.70. The summed E-state index contributed by atoms with van der Waals surface area (Å²) in [4.78, 5) is 30.2. The Labute approximate surface area is 206 Å². The van der Waals surface area contributed by atoms with Gasteiger partial charge in [-0.05, 0) is 57.0 Å². The molecule has 1 heterocycles. The molecule has 178 valence electrons. The first-order valence-corrected chi connectivity index (χ1v) is 12.4.